The van der Waals surface area contributed by atoms with Gasteiger partial charge in [0.1, 0.15) is 0 Å². The van der Waals surface area contributed by atoms with Crippen molar-refractivity contribution in [3.8, 4) is 0 Å². The van der Waals surface area contributed by atoms with Crippen molar-refractivity contribution in [3.63, 3.8) is 0 Å². The summed E-state index contributed by atoms with van der Waals surface area (Å²) in [5, 5.41) is 0. The molecule has 0 spiro atoms. The average molecular weight is 319 g/mol. The lowest BCUT2D eigenvalue weighted by Gasteiger charge is -2.27. The number of aryl methyl sites for hydroxylation is 2. The van der Waals surface area contributed by atoms with Crippen LogP contribution in [0.1, 0.15) is 24.0 Å². The molecule has 0 bridgehead atoms. The Kier molecular flexibility index (Phi) is 5.61. The van der Waals surface area contributed by atoms with Crippen molar-refractivity contribution >= 4 is 22.4 Å². The molecule has 0 amide bonds. The molecular weight excluding hydrogens is 296 g/mol. The Labute approximate surface area is 127 Å². The molecule has 1 saturated carbocycles. The number of likely N-dealkylation sites (N-methyl/N-ethyl adjacent to an activating group) is 1. The molecule has 1 aliphatic rings. The zero-order chi connectivity index (χ0) is 14.2. The molecule has 2 rings (SSSR count). The van der Waals surface area contributed by atoms with Gasteiger partial charge in [-0.2, -0.15) is 4.31 Å². The lowest BCUT2D eigenvalue weighted by atomic mass is 10.2. The normalized spacial score (nSPS) is 16.9. The molecule has 1 unspecified atom stereocenters. The molecule has 1 aliphatic carbocycles. The van der Waals surface area contributed by atoms with Crippen LogP contribution in [0.2, 0.25) is 0 Å². The van der Waals surface area contributed by atoms with E-state index < -0.39 is 10.0 Å². The molecule has 2 N–H and O–H groups in total. The zero-order valence-electron chi connectivity index (χ0n) is 12.2. The highest BCUT2D eigenvalue weighted by Gasteiger charge is 2.38. The molecule has 0 aliphatic heterocycles. The van der Waals surface area contributed by atoms with Gasteiger partial charge >= 0.3 is 0 Å². The van der Waals surface area contributed by atoms with Crippen LogP contribution in [0.3, 0.4) is 0 Å². The fraction of sp³-hybridized carbons (Fsp3) is 0.571. The minimum absolute atomic E-state index is 0. The predicted molar refractivity (Wildman–Crippen MR) is 83.7 cm³/mol. The van der Waals surface area contributed by atoms with Gasteiger partial charge in [0, 0.05) is 19.6 Å². The molecule has 4 nitrogen and oxygen atoms in total. The van der Waals surface area contributed by atoms with Crippen LogP contribution < -0.4 is 5.73 Å². The highest BCUT2D eigenvalue weighted by Crippen LogP contribution is 2.36. The maximum absolute atomic E-state index is 12.7. The molecule has 114 valence electrons. The van der Waals surface area contributed by atoms with E-state index in [0.29, 0.717) is 17.4 Å². The highest BCUT2D eigenvalue weighted by molar-refractivity contribution is 7.89. The third-order valence-corrected chi connectivity index (χ3v) is 5.90. The molecule has 0 heterocycles. The third kappa shape index (κ3) is 3.34. The Morgan fingerprint density at radius 1 is 1.35 bits per heavy atom. The maximum Gasteiger partial charge on any atom is 0.243 e. The highest BCUT2D eigenvalue weighted by atomic mass is 35.5. The molecule has 1 aromatic rings. The summed E-state index contributed by atoms with van der Waals surface area (Å²) in [5.74, 6) is 0.426. The van der Waals surface area contributed by atoms with Crippen molar-refractivity contribution in [1.29, 1.82) is 0 Å². The minimum atomic E-state index is -3.46. The first-order chi connectivity index (χ1) is 8.87. The molecule has 0 saturated heterocycles. The van der Waals surface area contributed by atoms with E-state index in [4.69, 9.17) is 5.73 Å². The number of benzene rings is 1. The molecule has 1 fully saturated rings. The molecular formula is C14H23ClN2O2S. The first-order valence-electron chi connectivity index (χ1n) is 6.63. The van der Waals surface area contributed by atoms with Gasteiger partial charge in [-0.05, 0) is 49.8 Å². The first kappa shape index (κ1) is 17.4. The van der Waals surface area contributed by atoms with E-state index >= 15 is 0 Å². The van der Waals surface area contributed by atoms with Crippen LogP contribution in [-0.2, 0) is 10.0 Å². The number of nitrogens with zero attached hydrogens (tertiary/aromatic N) is 1. The van der Waals surface area contributed by atoms with Crippen LogP contribution in [0.25, 0.3) is 0 Å². The van der Waals surface area contributed by atoms with Crippen LogP contribution in [0.15, 0.2) is 23.1 Å². The topological polar surface area (TPSA) is 63.4 Å². The summed E-state index contributed by atoms with van der Waals surface area (Å²) in [7, 11) is -1.81. The number of nitrogens with two attached hydrogens (primary N) is 1. The monoisotopic (exact) mass is 318 g/mol. The Bertz CT molecular complexity index is 571. The lowest BCUT2D eigenvalue weighted by molar-refractivity contribution is 0.340. The molecule has 6 heteroatoms. The Morgan fingerprint density at radius 3 is 2.45 bits per heavy atom. The van der Waals surface area contributed by atoms with Crippen molar-refractivity contribution in [2.24, 2.45) is 11.7 Å². The van der Waals surface area contributed by atoms with E-state index in [1.54, 1.807) is 13.1 Å². The van der Waals surface area contributed by atoms with Gasteiger partial charge in [0.05, 0.1) is 4.90 Å². The van der Waals surface area contributed by atoms with Crippen LogP contribution in [-0.4, -0.2) is 32.4 Å². The van der Waals surface area contributed by atoms with Crippen molar-refractivity contribution in [2.75, 3.05) is 13.6 Å². The van der Waals surface area contributed by atoms with E-state index in [-0.39, 0.29) is 18.4 Å². The number of rotatable bonds is 5. The summed E-state index contributed by atoms with van der Waals surface area (Å²) in [6.45, 7) is 4.11. The van der Waals surface area contributed by atoms with Crippen molar-refractivity contribution in [2.45, 2.75) is 37.6 Å². The van der Waals surface area contributed by atoms with Gasteiger partial charge in [0.25, 0.3) is 0 Å². The fourth-order valence-electron chi connectivity index (χ4n) is 2.44. The summed E-state index contributed by atoms with van der Waals surface area (Å²) in [4.78, 5) is 0.397. The second-order valence-electron chi connectivity index (χ2n) is 5.43. The zero-order valence-corrected chi connectivity index (χ0v) is 13.8. The molecule has 0 radical (unpaired) electrons. The van der Waals surface area contributed by atoms with E-state index in [9.17, 15) is 8.42 Å². The number of halogens is 1. The van der Waals surface area contributed by atoms with Gasteiger partial charge in [-0.3, -0.25) is 0 Å². The van der Waals surface area contributed by atoms with Crippen LogP contribution >= 0.6 is 12.4 Å². The molecule has 20 heavy (non-hydrogen) atoms. The molecule has 1 atom stereocenters. The summed E-state index contributed by atoms with van der Waals surface area (Å²) in [6.07, 6.45) is 2.16. The number of hydrogen-bond acceptors (Lipinski definition) is 3. The Morgan fingerprint density at radius 2 is 1.95 bits per heavy atom. The van der Waals surface area contributed by atoms with Gasteiger partial charge in [0.15, 0.2) is 0 Å². The Balaban J connectivity index is 0.00000200. The predicted octanol–water partition coefficient (Wildman–Crippen LogP) is 2.08. The summed E-state index contributed by atoms with van der Waals surface area (Å²) < 4.78 is 26.9. The molecule has 1 aromatic carbocycles. The summed E-state index contributed by atoms with van der Waals surface area (Å²) >= 11 is 0. The van der Waals surface area contributed by atoms with Gasteiger partial charge in [0.2, 0.25) is 10.0 Å². The second kappa shape index (κ2) is 6.43. The van der Waals surface area contributed by atoms with Crippen LogP contribution in [0, 0.1) is 19.8 Å². The average Bonchev–Trinajstić information content (AvgIpc) is 3.17. The quantitative estimate of drug-likeness (QED) is 0.904. The van der Waals surface area contributed by atoms with E-state index in [1.165, 1.54) is 4.31 Å². The number of hydrogen-bond donors (Lipinski definition) is 1. The smallest absolute Gasteiger partial charge is 0.243 e. The van der Waals surface area contributed by atoms with Crippen molar-refractivity contribution in [1.82, 2.24) is 4.31 Å². The standard InChI is InChI=1S/C14H22N2O2S.ClH/c1-10-4-5-11(2)14(8-10)19(17,18)16(3)13(9-15)12-6-7-12;/h4-5,8,12-13H,6-7,9,15H2,1-3H3;1H. The number of sulfonamides is 1. The van der Waals surface area contributed by atoms with E-state index in [1.807, 2.05) is 26.0 Å². The first-order valence-corrected chi connectivity index (χ1v) is 8.07. The lowest BCUT2D eigenvalue weighted by Crippen LogP contribution is -2.43. The van der Waals surface area contributed by atoms with E-state index in [2.05, 4.69) is 0 Å². The summed E-state index contributed by atoms with van der Waals surface area (Å²) in [6, 6.07) is 5.44. The van der Waals surface area contributed by atoms with Gasteiger partial charge in [-0.25, -0.2) is 8.42 Å². The van der Waals surface area contributed by atoms with Crippen LogP contribution in [0.4, 0.5) is 0 Å². The third-order valence-electron chi connectivity index (χ3n) is 3.88. The van der Waals surface area contributed by atoms with Gasteiger partial charge < -0.3 is 5.73 Å². The van der Waals surface area contributed by atoms with Gasteiger partial charge in [-0.1, -0.05) is 12.1 Å². The van der Waals surface area contributed by atoms with Crippen LogP contribution in [0.5, 0.6) is 0 Å². The van der Waals surface area contributed by atoms with Crippen molar-refractivity contribution in [3.05, 3.63) is 29.3 Å². The Hall–Kier alpha value is -0.620. The minimum Gasteiger partial charge on any atom is -0.329 e. The van der Waals surface area contributed by atoms with E-state index in [0.717, 1.165) is 24.0 Å². The molecule has 0 aromatic heterocycles. The maximum atomic E-state index is 12.7. The van der Waals surface area contributed by atoms with Crippen molar-refractivity contribution < 1.29 is 8.42 Å². The second-order valence-corrected chi connectivity index (χ2v) is 7.40. The fourth-order valence-corrected chi connectivity index (χ4v) is 4.17. The SMILES string of the molecule is Cc1ccc(C)c(S(=O)(=O)N(C)C(CN)C2CC2)c1.Cl. The summed E-state index contributed by atoms with van der Waals surface area (Å²) in [5.41, 5.74) is 7.48. The van der Waals surface area contributed by atoms with Gasteiger partial charge in [-0.15, -0.1) is 12.4 Å². The largest absolute Gasteiger partial charge is 0.329 e.